The van der Waals surface area contributed by atoms with Gasteiger partial charge in [0.15, 0.2) is 4.58 Å². The van der Waals surface area contributed by atoms with Crippen LogP contribution in [0, 0.1) is 5.92 Å². The molecule has 0 spiro atoms. The minimum absolute atomic E-state index is 0.207. The normalized spacial score (nSPS) is 38.1. The van der Waals surface area contributed by atoms with Crippen LogP contribution in [0.5, 0.6) is 0 Å². The molecule has 0 aromatic rings. The molecule has 1 N–H and O–H groups in total. The summed E-state index contributed by atoms with van der Waals surface area (Å²) in [5.41, 5.74) is 0. The quantitative estimate of drug-likeness (QED) is 0.558. The summed E-state index contributed by atoms with van der Waals surface area (Å²) in [6.07, 6.45) is 3.30. The monoisotopic (exact) mass is 210 g/mol. The highest BCUT2D eigenvalue weighted by Crippen LogP contribution is 2.54. The van der Waals surface area contributed by atoms with E-state index in [2.05, 4.69) is 15.9 Å². The van der Waals surface area contributed by atoms with Crippen molar-refractivity contribution in [2.75, 3.05) is 6.61 Å². The Bertz CT molecular complexity index is 116. The Labute approximate surface area is 68.8 Å². The number of aliphatic hydroxyl groups is 1. The third-order valence-electron chi connectivity index (χ3n) is 1.92. The van der Waals surface area contributed by atoms with Crippen molar-refractivity contribution in [3.05, 3.63) is 0 Å². The molecule has 0 saturated heterocycles. The second-order valence-electron chi connectivity index (χ2n) is 2.88. The summed E-state index contributed by atoms with van der Waals surface area (Å²) >= 11 is 2.98. The Morgan fingerprint density at radius 3 is 2.60 bits per heavy atom. The maximum Gasteiger partial charge on any atom is 0.168 e. The van der Waals surface area contributed by atoms with Gasteiger partial charge >= 0.3 is 0 Å². The van der Waals surface area contributed by atoms with Gasteiger partial charge < -0.3 is 5.11 Å². The van der Waals surface area contributed by atoms with E-state index in [1.54, 1.807) is 0 Å². The van der Waals surface area contributed by atoms with E-state index in [-0.39, 0.29) is 12.5 Å². The molecule has 0 amide bonds. The molecule has 2 atom stereocenters. The first-order valence-corrected chi connectivity index (χ1v) is 4.45. The molecule has 1 nitrogen and oxygen atoms in total. The molecule has 1 rings (SSSR count). The van der Waals surface area contributed by atoms with Gasteiger partial charge in [-0.05, 0) is 35.2 Å². The molecule has 0 radical (unpaired) electrons. The highest BCUT2D eigenvalue weighted by atomic mass is 79.9. The lowest BCUT2D eigenvalue weighted by Crippen LogP contribution is -1.91. The van der Waals surface area contributed by atoms with Gasteiger partial charge in [-0.25, -0.2) is 4.39 Å². The highest BCUT2D eigenvalue weighted by Gasteiger charge is 2.52. The SMILES string of the molecule is OCCCCC1CC1(F)Br. The van der Waals surface area contributed by atoms with E-state index in [1.165, 1.54) is 0 Å². The first-order chi connectivity index (χ1) is 4.67. The Hall–Kier alpha value is 0.370. The summed E-state index contributed by atoms with van der Waals surface area (Å²) in [5.74, 6) is 0.207. The van der Waals surface area contributed by atoms with E-state index >= 15 is 0 Å². The van der Waals surface area contributed by atoms with Crippen molar-refractivity contribution < 1.29 is 9.50 Å². The second kappa shape index (κ2) is 3.18. The molecule has 3 heteroatoms. The third kappa shape index (κ3) is 2.20. The minimum atomic E-state index is -1.05. The molecule has 1 saturated carbocycles. The number of aliphatic hydroxyl groups excluding tert-OH is 1. The maximum absolute atomic E-state index is 12.7. The van der Waals surface area contributed by atoms with E-state index in [1.807, 2.05) is 0 Å². The Balaban J connectivity index is 1.97. The molecular formula is C7H12BrFO. The van der Waals surface area contributed by atoms with Crippen molar-refractivity contribution in [1.29, 1.82) is 0 Å². The van der Waals surface area contributed by atoms with Gasteiger partial charge in [-0.1, -0.05) is 6.42 Å². The van der Waals surface area contributed by atoms with Gasteiger partial charge in [-0.3, -0.25) is 0 Å². The van der Waals surface area contributed by atoms with Gasteiger partial charge in [0.1, 0.15) is 0 Å². The van der Waals surface area contributed by atoms with Gasteiger partial charge in [0.05, 0.1) is 0 Å². The van der Waals surface area contributed by atoms with Gasteiger partial charge in [0.25, 0.3) is 0 Å². The van der Waals surface area contributed by atoms with Crippen molar-refractivity contribution in [2.24, 2.45) is 5.92 Å². The predicted molar refractivity (Wildman–Crippen MR) is 41.8 cm³/mol. The predicted octanol–water partition coefficient (Wildman–Crippen LogP) is 2.23. The summed E-state index contributed by atoms with van der Waals surface area (Å²) in [5, 5.41) is 8.42. The summed E-state index contributed by atoms with van der Waals surface area (Å²) < 4.78 is 11.7. The van der Waals surface area contributed by atoms with E-state index in [9.17, 15) is 4.39 Å². The number of unbranched alkanes of at least 4 members (excludes halogenated alkanes) is 1. The Kier molecular flexibility index (Phi) is 2.69. The molecule has 1 aliphatic rings. The van der Waals surface area contributed by atoms with Crippen LogP contribution < -0.4 is 0 Å². The molecule has 2 unspecified atom stereocenters. The topological polar surface area (TPSA) is 20.2 Å². The van der Waals surface area contributed by atoms with Crippen LogP contribution >= 0.6 is 15.9 Å². The second-order valence-corrected chi connectivity index (χ2v) is 4.20. The third-order valence-corrected chi connectivity index (χ3v) is 2.89. The molecule has 0 aromatic heterocycles. The van der Waals surface area contributed by atoms with E-state index < -0.39 is 4.58 Å². The van der Waals surface area contributed by atoms with Crippen molar-refractivity contribution in [2.45, 2.75) is 30.3 Å². The Morgan fingerprint density at radius 1 is 1.60 bits per heavy atom. The zero-order valence-electron chi connectivity index (χ0n) is 5.82. The lowest BCUT2D eigenvalue weighted by Gasteiger charge is -1.96. The van der Waals surface area contributed by atoms with Crippen LogP contribution in [0.2, 0.25) is 0 Å². The molecule has 60 valence electrons. The molecule has 1 fully saturated rings. The van der Waals surface area contributed by atoms with Crippen molar-refractivity contribution in [1.82, 2.24) is 0 Å². The summed E-state index contributed by atoms with van der Waals surface area (Å²) in [6, 6.07) is 0. The fourth-order valence-electron chi connectivity index (χ4n) is 1.09. The van der Waals surface area contributed by atoms with Gasteiger partial charge in [0, 0.05) is 12.5 Å². The van der Waals surface area contributed by atoms with Crippen LogP contribution in [0.3, 0.4) is 0 Å². The molecule has 0 aromatic carbocycles. The molecule has 10 heavy (non-hydrogen) atoms. The van der Waals surface area contributed by atoms with Crippen LogP contribution in [-0.2, 0) is 0 Å². The summed E-state index contributed by atoms with van der Waals surface area (Å²) in [7, 11) is 0. The average molecular weight is 211 g/mol. The molecule has 0 heterocycles. The van der Waals surface area contributed by atoms with Crippen LogP contribution in [0.15, 0.2) is 0 Å². The number of hydrogen-bond donors (Lipinski definition) is 1. The van der Waals surface area contributed by atoms with Crippen LogP contribution in [0.4, 0.5) is 4.39 Å². The van der Waals surface area contributed by atoms with Gasteiger partial charge in [-0.15, -0.1) is 0 Å². The number of alkyl halides is 2. The number of rotatable bonds is 4. The lowest BCUT2D eigenvalue weighted by molar-refractivity contribution is 0.280. The van der Waals surface area contributed by atoms with Crippen LogP contribution in [0.1, 0.15) is 25.7 Å². The zero-order chi connectivity index (χ0) is 7.61. The van der Waals surface area contributed by atoms with E-state index in [4.69, 9.17) is 5.11 Å². The molecule has 0 aliphatic heterocycles. The molecule has 1 aliphatic carbocycles. The van der Waals surface area contributed by atoms with Crippen molar-refractivity contribution >= 4 is 15.9 Å². The standard InChI is InChI=1S/C7H12BrFO/c8-7(9)5-6(7)3-1-2-4-10/h6,10H,1-5H2. The van der Waals surface area contributed by atoms with Crippen LogP contribution in [0.25, 0.3) is 0 Å². The lowest BCUT2D eigenvalue weighted by atomic mass is 10.2. The fraction of sp³-hybridized carbons (Fsp3) is 1.00. The zero-order valence-corrected chi connectivity index (χ0v) is 7.40. The van der Waals surface area contributed by atoms with E-state index in [0.29, 0.717) is 6.42 Å². The van der Waals surface area contributed by atoms with Crippen molar-refractivity contribution in [3.8, 4) is 0 Å². The summed E-state index contributed by atoms with van der Waals surface area (Å²) in [4.78, 5) is 0. The minimum Gasteiger partial charge on any atom is -0.396 e. The van der Waals surface area contributed by atoms with Gasteiger partial charge in [-0.2, -0.15) is 0 Å². The fourth-order valence-corrected chi connectivity index (χ4v) is 1.71. The first kappa shape index (κ1) is 8.47. The van der Waals surface area contributed by atoms with Gasteiger partial charge in [0.2, 0.25) is 0 Å². The largest absolute Gasteiger partial charge is 0.396 e. The molecular weight excluding hydrogens is 199 g/mol. The highest BCUT2D eigenvalue weighted by molar-refractivity contribution is 9.10. The number of halogens is 2. The van der Waals surface area contributed by atoms with Crippen LogP contribution in [-0.4, -0.2) is 16.3 Å². The molecule has 0 bridgehead atoms. The Morgan fingerprint density at radius 2 is 2.20 bits per heavy atom. The summed E-state index contributed by atoms with van der Waals surface area (Å²) in [6.45, 7) is 0.230. The maximum atomic E-state index is 12.7. The smallest absolute Gasteiger partial charge is 0.168 e. The first-order valence-electron chi connectivity index (χ1n) is 3.65. The van der Waals surface area contributed by atoms with Crippen molar-refractivity contribution in [3.63, 3.8) is 0 Å². The van der Waals surface area contributed by atoms with E-state index in [0.717, 1.165) is 19.3 Å². The average Bonchev–Trinajstić information content (AvgIpc) is 2.41. The number of hydrogen-bond acceptors (Lipinski definition) is 1.